The normalized spacial score (nSPS) is 23.2. The largest absolute Gasteiger partial charge is 0.444 e. The Morgan fingerprint density at radius 3 is 2.58 bits per heavy atom. The number of pyridine rings is 1. The van der Waals surface area contributed by atoms with E-state index in [1.807, 2.05) is 31.9 Å². The topological polar surface area (TPSA) is 103 Å². The van der Waals surface area contributed by atoms with Crippen molar-refractivity contribution in [1.82, 2.24) is 30.0 Å². The van der Waals surface area contributed by atoms with Gasteiger partial charge in [0.05, 0.1) is 11.7 Å². The highest BCUT2D eigenvalue weighted by Gasteiger charge is 2.52. The Bertz CT molecular complexity index is 1310. The molecule has 2 fully saturated rings. The minimum Gasteiger partial charge on any atom is -0.444 e. The van der Waals surface area contributed by atoms with Crippen LogP contribution < -0.4 is 9.80 Å². The van der Waals surface area contributed by atoms with Gasteiger partial charge in [-0.1, -0.05) is 6.42 Å². The predicted octanol–water partition coefficient (Wildman–Crippen LogP) is 4.16. The third kappa shape index (κ3) is 3.65. The van der Waals surface area contributed by atoms with Gasteiger partial charge in [-0.3, -0.25) is 5.10 Å². The zero-order valence-corrected chi connectivity index (χ0v) is 21.7. The quantitative estimate of drug-likeness (QED) is 0.571. The summed E-state index contributed by atoms with van der Waals surface area (Å²) in [5.74, 6) is 2.81. The van der Waals surface area contributed by atoms with Crippen molar-refractivity contribution < 1.29 is 9.53 Å². The van der Waals surface area contributed by atoms with Crippen LogP contribution in [0.25, 0.3) is 10.9 Å². The Balaban J connectivity index is 1.34. The van der Waals surface area contributed by atoms with Crippen LogP contribution in [0.3, 0.4) is 0 Å². The number of fused-ring (bicyclic) bond motifs is 3. The van der Waals surface area contributed by atoms with Crippen molar-refractivity contribution in [2.24, 2.45) is 0 Å². The van der Waals surface area contributed by atoms with Gasteiger partial charge in [-0.05, 0) is 47.5 Å². The van der Waals surface area contributed by atoms with E-state index in [1.165, 1.54) is 12.0 Å². The first-order valence-corrected chi connectivity index (χ1v) is 12.8. The molecule has 1 saturated heterocycles. The number of carbonyl (C=O) groups is 1. The molecule has 3 aromatic heterocycles. The van der Waals surface area contributed by atoms with Crippen LogP contribution in [0.5, 0.6) is 0 Å². The first kappa shape index (κ1) is 23.0. The Hall–Kier alpha value is -3.43. The van der Waals surface area contributed by atoms with Crippen LogP contribution in [0.1, 0.15) is 59.4 Å². The van der Waals surface area contributed by atoms with Gasteiger partial charge in [0.15, 0.2) is 0 Å². The summed E-state index contributed by atoms with van der Waals surface area (Å²) < 4.78 is 5.68. The van der Waals surface area contributed by atoms with Gasteiger partial charge < -0.3 is 19.4 Å². The average Bonchev–Trinajstić information content (AvgIpc) is 3.41. The van der Waals surface area contributed by atoms with E-state index in [9.17, 15) is 4.79 Å². The molecule has 2 aliphatic heterocycles. The molecule has 1 saturated carbocycles. The number of aromatic nitrogens is 5. The molecule has 0 radical (unpaired) electrons. The zero-order valence-electron chi connectivity index (χ0n) is 21.7. The average molecular weight is 491 g/mol. The summed E-state index contributed by atoms with van der Waals surface area (Å²) in [6.45, 7) is 12.1. The number of rotatable bonds is 2. The SMILES string of the molecule is C[C@@H]1CN(c2ncnc3c2C2(CCC2)CN3c2cc3[nH]ncc3cn2)[C@@H](C)CN1C(=O)OC(C)(C)C. The van der Waals surface area contributed by atoms with Crippen molar-refractivity contribution in [3.63, 3.8) is 0 Å². The number of hydrogen-bond donors (Lipinski definition) is 1. The van der Waals surface area contributed by atoms with Crippen LogP contribution in [0, 0.1) is 0 Å². The van der Waals surface area contributed by atoms with E-state index in [0.29, 0.717) is 13.1 Å². The number of piperazine rings is 1. The number of aromatic amines is 1. The van der Waals surface area contributed by atoms with Crippen molar-refractivity contribution in [3.05, 3.63) is 30.4 Å². The van der Waals surface area contributed by atoms with Gasteiger partial charge in [0.1, 0.15) is 29.4 Å². The highest BCUT2D eigenvalue weighted by molar-refractivity contribution is 5.82. The molecule has 2 atom stereocenters. The molecule has 1 amide bonds. The summed E-state index contributed by atoms with van der Waals surface area (Å²) in [5, 5.41) is 8.19. The number of H-pyrrole nitrogens is 1. The zero-order chi connectivity index (χ0) is 25.2. The van der Waals surface area contributed by atoms with Crippen LogP contribution >= 0.6 is 0 Å². The molecule has 0 unspecified atom stereocenters. The maximum atomic E-state index is 12.9. The number of nitrogens with one attached hydrogen (secondary N) is 1. The summed E-state index contributed by atoms with van der Waals surface area (Å²) in [4.78, 5) is 33.7. The lowest BCUT2D eigenvalue weighted by Gasteiger charge is -2.46. The van der Waals surface area contributed by atoms with Gasteiger partial charge in [-0.2, -0.15) is 5.10 Å². The van der Waals surface area contributed by atoms with Crippen molar-refractivity contribution in [1.29, 1.82) is 0 Å². The van der Waals surface area contributed by atoms with Crippen molar-refractivity contribution in [2.75, 3.05) is 29.4 Å². The number of amides is 1. The number of nitrogens with zero attached hydrogens (tertiary/aromatic N) is 7. The van der Waals surface area contributed by atoms with Gasteiger partial charge in [0.25, 0.3) is 0 Å². The first-order chi connectivity index (χ1) is 17.2. The standard InChI is InChI=1S/C26H34N8O2/c1-16-13-33(24(35)36-25(3,4)5)17(2)12-32(16)22-21-23(29-15-28-22)34(14-26(21)7-6-8-26)20-9-19-18(10-27-20)11-30-31-19/h9-11,15-17H,6-8,12-14H2,1-5H3,(H,30,31)/t16-,17+/m0/s1. The van der Waals surface area contributed by atoms with E-state index < -0.39 is 5.60 Å². The molecular formula is C26H34N8O2. The molecular weight excluding hydrogens is 456 g/mol. The third-order valence-corrected chi connectivity index (χ3v) is 7.84. The molecule has 3 aromatic rings. The maximum absolute atomic E-state index is 12.9. The Morgan fingerprint density at radius 1 is 1.08 bits per heavy atom. The second-order valence-corrected chi connectivity index (χ2v) is 11.6. The third-order valence-electron chi connectivity index (χ3n) is 7.84. The Morgan fingerprint density at radius 2 is 1.86 bits per heavy atom. The van der Waals surface area contributed by atoms with Gasteiger partial charge in [-0.15, -0.1) is 0 Å². The van der Waals surface area contributed by atoms with Crippen LogP contribution in [0.4, 0.5) is 22.2 Å². The molecule has 1 aliphatic carbocycles. The Kier molecular flexibility index (Phi) is 5.14. The first-order valence-electron chi connectivity index (χ1n) is 12.8. The van der Waals surface area contributed by atoms with E-state index in [1.54, 1.807) is 12.5 Å². The van der Waals surface area contributed by atoms with Gasteiger partial charge in [0.2, 0.25) is 0 Å². The van der Waals surface area contributed by atoms with Gasteiger partial charge >= 0.3 is 6.09 Å². The van der Waals surface area contributed by atoms with Gasteiger partial charge in [-0.25, -0.2) is 19.7 Å². The molecule has 10 heteroatoms. The van der Waals surface area contributed by atoms with E-state index in [2.05, 4.69) is 39.9 Å². The second-order valence-electron chi connectivity index (χ2n) is 11.6. The number of anilines is 3. The van der Waals surface area contributed by atoms with Crippen molar-refractivity contribution in [3.8, 4) is 0 Å². The molecule has 1 N–H and O–H groups in total. The summed E-state index contributed by atoms with van der Waals surface area (Å²) in [6.07, 6.45) is 8.50. The minimum absolute atomic E-state index is 0.000893. The number of ether oxygens (including phenoxy) is 1. The predicted molar refractivity (Wildman–Crippen MR) is 138 cm³/mol. The molecule has 190 valence electrons. The fraction of sp³-hybridized carbons (Fsp3) is 0.577. The van der Waals surface area contributed by atoms with E-state index in [0.717, 1.165) is 47.7 Å². The summed E-state index contributed by atoms with van der Waals surface area (Å²) >= 11 is 0. The second kappa shape index (κ2) is 8.04. The lowest BCUT2D eigenvalue weighted by atomic mass is 9.66. The molecule has 5 heterocycles. The monoisotopic (exact) mass is 490 g/mol. The highest BCUT2D eigenvalue weighted by Crippen LogP contribution is 2.56. The molecule has 10 nitrogen and oxygen atoms in total. The fourth-order valence-electron chi connectivity index (χ4n) is 5.89. The number of carbonyl (C=O) groups excluding carboxylic acids is 1. The Labute approximate surface area is 211 Å². The molecule has 3 aliphatic rings. The molecule has 1 spiro atoms. The highest BCUT2D eigenvalue weighted by atomic mass is 16.6. The molecule has 6 rings (SSSR count). The summed E-state index contributed by atoms with van der Waals surface area (Å²) in [5.41, 5.74) is 1.71. The molecule has 36 heavy (non-hydrogen) atoms. The van der Waals surface area contributed by atoms with Crippen LogP contribution in [-0.4, -0.2) is 73.5 Å². The lowest BCUT2D eigenvalue weighted by Crippen LogP contribution is -2.59. The smallest absolute Gasteiger partial charge is 0.410 e. The maximum Gasteiger partial charge on any atom is 0.410 e. The summed E-state index contributed by atoms with van der Waals surface area (Å²) in [7, 11) is 0. The van der Waals surface area contributed by atoms with Crippen LogP contribution in [0.15, 0.2) is 24.8 Å². The fourth-order valence-corrected chi connectivity index (χ4v) is 5.89. The van der Waals surface area contributed by atoms with Crippen molar-refractivity contribution >= 4 is 34.4 Å². The molecule has 0 bridgehead atoms. The van der Waals surface area contributed by atoms with E-state index in [4.69, 9.17) is 19.7 Å². The van der Waals surface area contributed by atoms with Crippen LogP contribution in [-0.2, 0) is 10.2 Å². The lowest BCUT2D eigenvalue weighted by molar-refractivity contribution is 0.0129. The molecule has 0 aromatic carbocycles. The summed E-state index contributed by atoms with van der Waals surface area (Å²) in [6, 6.07) is 2.15. The van der Waals surface area contributed by atoms with E-state index >= 15 is 0 Å². The van der Waals surface area contributed by atoms with Crippen molar-refractivity contribution in [2.45, 2.75) is 77.0 Å². The number of hydrogen-bond acceptors (Lipinski definition) is 8. The van der Waals surface area contributed by atoms with Crippen LogP contribution in [0.2, 0.25) is 0 Å². The van der Waals surface area contributed by atoms with Gasteiger partial charge in [0, 0.05) is 60.3 Å². The minimum atomic E-state index is -0.516. The van der Waals surface area contributed by atoms with E-state index in [-0.39, 0.29) is 23.6 Å².